The second kappa shape index (κ2) is 8.53. The van der Waals surface area contributed by atoms with Crippen molar-refractivity contribution in [1.82, 2.24) is 4.90 Å². The molecule has 0 aromatic rings. The number of hydrogen-bond acceptors (Lipinski definition) is 3. The second-order valence-corrected chi connectivity index (χ2v) is 6.83. The molecule has 0 bridgehead atoms. The molecular formula is C16H33NOS. The first kappa shape index (κ1) is 17.3. The van der Waals surface area contributed by atoms with Gasteiger partial charge in [-0.3, -0.25) is 0 Å². The molecular weight excluding hydrogens is 254 g/mol. The highest BCUT2D eigenvalue weighted by atomic mass is 32.1. The van der Waals surface area contributed by atoms with Crippen molar-refractivity contribution >= 4 is 12.6 Å². The summed E-state index contributed by atoms with van der Waals surface area (Å²) in [7, 11) is 0. The summed E-state index contributed by atoms with van der Waals surface area (Å²) in [5.41, 5.74) is 0.407. The van der Waals surface area contributed by atoms with Crippen LogP contribution in [0.25, 0.3) is 0 Å². The van der Waals surface area contributed by atoms with E-state index in [1.807, 2.05) is 6.92 Å². The number of thiol groups is 1. The van der Waals surface area contributed by atoms with Crippen LogP contribution in [0, 0.1) is 11.3 Å². The van der Waals surface area contributed by atoms with Crippen LogP contribution in [-0.4, -0.2) is 41.5 Å². The molecule has 0 aromatic carbocycles. The molecule has 0 radical (unpaired) electrons. The lowest BCUT2D eigenvalue weighted by Gasteiger charge is -2.41. The van der Waals surface area contributed by atoms with Gasteiger partial charge in [0, 0.05) is 6.54 Å². The van der Waals surface area contributed by atoms with Gasteiger partial charge in [-0.2, -0.15) is 12.6 Å². The molecule has 1 saturated heterocycles. The predicted molar refractivity (Wildman–Crippen MR) is 86.9 cm³/mol. The normalized spacial score (nSPS) is 20.7. The Morgan fingerprint density at radius 1 is 1.21 bits per heavy atom. The van der Waals surface area contributed by atoms with Crippen LogP contribution in [0.1, 0.15) is 59.3 Å². The van der Waals surface area contributed by atoms with Crippen molar-refractivity contribution < 1.29 is 5.11 Å². The third kappa shape index (κ3) is 5.28. The highest BCUT2D eigenvalue weighted by Gasteiger charge is 2.31. The summed E-state index contributed by atoms with van der Waals surface area (Å²) in [6.45, 7) is 10.0. The van der Waals surface area contributed by atoms with E-state index in [4.69, 9.17) is 0 Å². The molecule has 1 N–H and O–H groups in total. The Morgan fingerprint density at radius 3 is 2.11 bits per heavy atom. The number of rotatable bonds is 8. The summed E-state index contributed by atoms with van der Waals surface area (Å²) < 4.78 is 0. The Morgan fingerprint density at radius 2 is 1.74 bits per heavy atom. The van der Waals surface area contributed by atoms with Gasteiger partial charge in [0.1, 0.15) is 0 Å². The maximum absolute atomic E-state index is 9.68. The van der Waals surface area contributed by atoms with Gasteiger partial charge in [0.2, 0.25) is 0 Å². The molecule has 1 unspecified atom stereocenters. The van der Waals surface area contributed by atoms with Crippen molar-refractivity contribution in [2.24, 2.45) is 11.3 Å². The van der Waals surface area contributed by atoms with Gasteiger partial charge < -0.3 is 10.0 Å². The summed E-state index contributed by atoms with van der Waals surface area (Å²) in [6.07, 6.45) is 7.26. The maximum atomic E-state index is 9.68. The number of likely N-dealkylation sites (tertiary alicyclic amines) is 1. The van der Waals surface area contributed by atoms with E-state index in [0.717, 1.165) is 31.7 Å². The van der Waals surface area contributed by atoms with Gasteiger partial charge in [-0.1, -0.05) is 26.7 Å². The van der Waals surface area contributed by atoms with Crippen molar-refractivity contribution in [3.8, 4) is 0 Å². The summed E-state index contributed by atoms with van der Waals surface area (Å²) >= 11 is 4.65. The molecule has 0 saturated carbocycles. The molecule has 0 aliphatic carbocycles. The quantitative estimate of drug-likeness (QED) is 0.666. The van der Waals surface area contributed by atoms with Gasteiger partial charge in [-0.25, -0.2) is 0 Å². The van der Waals surface area contributed by atoms with Crippen molar-refractivity contribution in [3.63, 3.8) is 0 Å². The fraction of sp³-hybridized carbons (Fsp3) is 1.00. The number of aliphatic hydroxyl groups is 1. The zero-order valence-corrected chi connectivity index (χ0v) is 14.0. The summed E-state index contributed by atoms with van der Waals surface area (Å²) in [5.74, 6) is 1.52. The molecule has 114 valence electrons. The number of nitrogens with zero attached hydrogens (tertiary/aromatic N) is 1. The molecule has 1 aliphatic rings. The summed E-state index contributed by atoms with van der Waals surface area (Å²) in [5, 5.41) is 9.68. The van der Waals surface area contributed by atoms with Crippen LogP contribution in [0.15, 0.2) is 0 Å². The van der Waals surface area contributed by atoms with E-state index >= 15 is 0 Å². The van der Waals surface area contributed by atoms with E-state index in [1.165, 1.54) is 32.2 Å². The lowest BCUT2D eigenvalue weighted by molar-refractivity contribution is 0.0526. The Kier molecular flexibility index (Phi) is 7.78. The minimum absolute atomic E-state index is 0.136. The minimum atomic E-state index is -0.136. The molecule has 0 spiro atoms. The van der Waals surface area contributed by atoms with E-state index in [0.29, 0.717) is 11.3 Å². The molecule has 1 atom stereocenters. The smallest absolute Gasteiger partial charge is 0.0541 e. The first-order chi connectivity index (χ1) is 9.06. The minimum Gasteiger partial charge on any atom is -0.393 e. The molecule has 1 aliphatic heterocycles. The zero-order chi connectivity index (χ0) is 14.3. The molecule has 1 fully saturated rings. The molecule has 0 amide bonds. The second-order valence-electron chi connectivity index (χ2n) is 6.51. The summed E-state index contributed by atoms with van der Waals surface area (Å²) in [6, 6.07) is 0. The molecule has 1 rings (SSSR count). The van der Waals surface area contributed by atoms with E-state index in [2.05, 4.69) is 31.4 Å². The molecule has 19 heavy (non-hydrogen) atoms. The van der Waals surface area contributed by atoms with Crippen molar-refractivity contribution in [1.29, 1.82) is 0 Å². The number of hydrogen-bond donors (Lipinski definition) is 2. The lowest BCUT2D eigenvalue weighted by atomic mass is 9.79. The van der Waals surface area contributed by atoms with Crippen LogP contribution in [0.4, 0.5) is 0 Å². The average molecular weight is 288 g/mol. The topological polar surface area (TPSA) is 23.5 Å². The Hall–Kier alpha value is 0.270. The Labute approximate surface area is 125 Å². The van der Waals surface area contributed by atoms with E-state index in [1.54, 1.807) is 0 Å². The molecule has 2 nitrogen and oxygen atoms in total. The lowest BCUT2D eigenvalue weighted by Crippen LogP contribution is -2.44. The van der Waals surface area contributed by atoms with Gasteiger partial charge in [0.25, 0.3) is 0 Å². The molecule has 1 heterocycles. The van der Waals surface area contributed by atoms with Crippen LogP contribution in [-0.2, 0) is 0 Å². The van der Waals surface area contributed by atoms with Gasteiger partial charge >= 0.3 is 0 Å². The van der Waals surface area contributed by atoms with Gasteiger partial charge in [-0.05, 0) is 62.8 Å². The third-order valence-electron chi connectivity index (χ3n) is 4.77. The zero-order valence-electron chi connectivity index (χ0n) is 13.1. The molecule has 3 heteroatoms. The first-order valence-electron chi connectivity index (χ1n) is 8.08. The SMILES string of the molecule is CCCC(CS)(CCC)CN1CCC(C(C)O)CC1. The van der Waals surface area contributed by atoms with Crippen molar-refractivity contribution in [2.45, 2.75) is 65.4 Å². The largest absolute Gasteiger partial charge is 0.393 e. The van der Waals surface area contributed by atoms with E-state index < -0.39 is 0 Å². The highest BCUT2D eigenvalue weighted by Crippen LogP contribution is 2.34. The van der Waals surface area contributed by atoms with Crippen LogP contribution in [0.5, 0.6) is 0 Å². The van der Waals surface area contributed by atoms with Crippen LogP contribution < -0.4 is 0 Å². The number of aliphatic hydroxyl groups excluding tert-OH is 1. The fourth-order valence-electron chi connectivity index (χ4n) is 3.62. The van der Waals surface area contributed by atoms with Crippen molar-refractivity contribution in [2.75, 3.05) is 25.4 Å². The summed E-state index contributed by atoms with van der Waals surface area (Å²) in [4.78, 5) is 2.61. The standard InChI is InChI=1S/C16H33NOS/c1-4-8-16(13-19,9-5-2)12-17-10-6-15(7-11-17)14(3)18/h14-15,18-19H,4-13H2,1-3H3. The van der Waals surface area contributed by atoms with Crippen LogP contribution >= 0.6 is 12.6 Å². The molecule has 0 aromatic heterocycles. The van der Waals surface area contributed by atoms with Crippen molar-refractivity contribution in [3.05, 3.63) is 0 Å². The maximum Gasteiger partial charge on any atom is 0.0541 e. The monoisotopic (exact) mass is 287 g/mol. The van der Waals surface area contributed by atoms with Gasteiger partial charge in [0.05, 0.1) is 6.10 Å². The first-order valence-corrected chi connectivity index (χ1v) is 8.71. The number of piperidine rings is 1. The third-order valence-corrected chi connectivity index (χ3v) is 5.44. The predicted octanol–water partition coefficient (Wildman–Crippen LogP) is 3.60. The Balaban J connectivity index is 2.51. The van der Waals surface area contributed by atoms with E-state index in [9.17, 15) is 5.11 Å². The fourth-order valence-corrected chi connectivity index (χ4v) is 4.04. The van der Waals surface area contributed by atoms with Crippen LogP contribution in [0.2, 0.25) is 0 Å². The van der Waals surface area contributed by atoms with Gasteiger partial charge in [-0.15, -0.1) is 0 Å². The highest BCUT2D eigenvalue weighted by molar-refractivity contribution is 7.80. The van der Waals surface area contributed by atoms with E-state index in [-0.39, 0.29) is 6.10 Å². The van der Waals surface area contributed by atoms with Gasteiger partial charge in [0.15, 0.2) is 0 Å². The van der Waals surface area contributed by atoms with Crippen LogP contribution in [0.3, 0.4) is 0 Å². The average Bonchev–Trinajstić information content (AvgIpc) is 2.40. The Bertz CT molecular complexity index is 231.